The van der Waals surface area contributed by atoms with Crippen LogP contribution in [0.4, 0.5) is 4.39 Å². The molecule has 1 aromatic carbocycles. The van der Waals surface area contributed by atoms with Gasteiger partial charge < -0.3 is 10.2 Å². The molecular formula is C13H16FN2O2+. The average molecular weight is 251 g/mol. The highest BCUT2D eigenvalue weighted by Crippen LogP contribution is 2.32. The van der Waals surface area contributed by atoms with Gasteiger partial charge in [0, 0.05) is 6.08 Å². The van der Waals surface area contributed by atoms with Gasteiger partial charge in [-0.15, -0.1) is 0 Å². The van der Waals surface area contributed by atoms with Crippen LogP contribution < -0.4 is 0 Å². The Labute approximate surface area is 105 Å². The van der Waals surface area contributed by atoms with Crippen LogP contribution in [0.2, 0.25) is 0 Å². The van der Waals surface area contributed by atoms with Gasteiger partial charge in [0.25, 0.3) is 0 Å². The monoisotopic (exact) mass is 251 g/mol. The lowest BCUT2D eigenvalue weighted by atomic mass is 10.1. The molecule has 18 heavy (non-hydrogen) atoms. The zero-order valence-corrected chi connectivity index (χ0v) is 9.96. The predicted molar refractivity (Wildman–Crippen MR) is 67.0 cm³/mol. The minimum absolute atomic E-state index is 0.0356. The first kappa shape index (κ1) is 12.9. The molecule has 5 heteroatoms. The Morgan fingerprint density at radius 3 is 2.39 bits per heavy atom. The summed E-state index contributed by atoms with van der Waals surface area (Å²) in [5, 5.41) is 22.6. The number of nitrogens with zero attached hydrogens (tertiary/aromatic N) is 2. The highest BCUT2D eigenvalue weighted by atomic mass is 19.1. The van der Waals surface area contributed by atoms with Gasteiger partial charge in [0.1, 0.15) is 18.9 Å². The third-order valence-electron chi connectivity index (χ3n) is 3.06. The third-order valence-corrected chi connectivity index (χ3v) is 3.06. The summed E-state index contributed by atoms with van der Waals surface area (Å²) in [6.07, 6.45) is 3.32. The maximum absolute atomic E-state index is 13.8. The number of aliphatic hydroxyl groups is 2. The van der Waals surface area contributed by atoms with E-state index in [1.165, 1.54) is 6.07 Å². The van der Waals surface area contributed by atoms with Gasteiger partial charge >= 0.3 is 0 Å². The zero-order valence-electron chi connectivity index (χ0n) is 9.96. The Morgan fingerprint density at radius 2 is 1.78 bits per heavy atom. The number of benzene rings is 1. The van der Waals surface area contributed by atoms with E-state index in [1.807, 2.05) is 0 Å². The second-order valence-corrected chi connectivity index (χ2v) is 4.11. The first-order chi connectivity index (χ1) is 8.73. The molecule has 2 rings (SSSR count). The van der Waals surface area contributed by atoms with E-state index in [-0.39, 0.29) is 23.6 Å². The van der Waals surface area contributed by atoms with Gasteiger partial charge in [0.15, 0.2) is 5.70 Å². The van der Waals surface area contributed by atoms with Crippen molar-refractivity contribution in [2.24, 2.45) is 5.10 Å². The van der Waals surface area contributed by atoms with Gasteiger partial charge in [0.2, 0.25) is 0 Å². The van der Waals surface area contributed by atoms with Crippen LogP contribution in [0, 0.1) is 5.82 Å². The molecule has 0 aromatic heterocycles. The topological polar surface area (TPSA) is 52.8 Å². The highest BCUT2D eigenvalue weighted by Gasteiger charge is 2.37. The van der Waals surface area contributed by atoms with E-state index >= 15 is 0 Å². The van der Waals surface area contributed by atoms with Gasteiger partial charge in [-0.3, -0.25) is 0 Å². The maximum atomic E-state index is 13.8. The Kier molecular flexibility index (Phi) is 3.86. The van der Waals surface area contributed by atoms with Gasteiger partial charge in [-0.1, -0.05) is 17.2 Å². The van der Waals surface area contributed by atoms with E-state index in [2.05, 4.69) is 5.10 Å². The molecule has 0 saturated carbocycles. The van der Waals surface area contributed by atoms with E-state index in [0.29, 0.717) is 24.4 Å². The Balaban J connectivity index is 2.41. The number of rotatable bonds is 5. The Bertz CT molecular complexity index is 480. The highest BCUT2D eigenvalue weighted by molar-refractivity contribution is 5.84. The molecular weight excluding hydrogens is 235 g/mol. The van der Waals surface area contributed by atoms with Crippen molar-refractivity contribution in [1.82, 2.24) is 0 Å². The molecule has 4 nitrogen and oxygen atoms in total. The van der Waals surface area contributed by atoms with E-state index in [0.717, 1.165) is 0 Å². The quantitative estimate of drug-likeness (QED) is 0.766. The van der Waals surface area contributed by atoms with Crippen molar-refractivity contribution in [2.45, 2.75) is 0 Å². The summed E-state index contributed by atoms with van der Waals surface area (Å²) in [5.41, 5.74) is 1.12. The summed E-state index contributed by atoms with van der Waals surface area (Å²) >= 11 is 0. The third kappa shape index (κ3) is 2.20. The summed E-state index contributed by atoms with van der Waals surface area (Å²) < 4.78 is 13.9. The standard InChI is InChI=1S/C13H16FN2O2/c14-12-4-2-1-3-11(12)13-5-6-15-16(13,7-9-17)8-10-18/h1-6,17-18H,7-10H2/q+1. The Morgan fingerprint density at radius 1 is 1.11 bits per heavy atom. The molecule has 0 spiro atoms. The van der Waals surface area contributed by atoms with E-state index < -0.39 is 0 Å². The van der Waals surface area contributed by atoms with Crippen molar-refractivity contribution >= 4 is 11.9 Å². The molecule has 1 aliphatic heterocycles. The zero-order chi connectivity index (χ0) is 13.0. The summed E-state index contributed by atoms with van der Waals surface area (Å²) in [5.74, 6) is -0.326. The molecule has 1 aromatic rings. The maximum Gasteiger partial charge on any atom is 0.171 e. The first-order valence-corrected chi connectivity index (χ1v) is 5.84. The molecule has 0 unspecified atom stereocenters. The molecule has 0 fully saturated rings. The van der Waals surface area contributed by atoms with Crippen molar-refractivity contribution in [3.8, 4) is 0 Å². The molecule has 0 bridgehead atoms. The van der Waals surface area contributed by atoms with Crippen molar-refractivity contribution in [3.63, 3.8) is 0 Å². The first-order valence-electron chi connectivity index (χ1n) is 5.84. The summed E-state index contributed by atoms with van der Waals surface area (Å²) in [4.78, 5) is 0. The minimum atomic E-state index is -0.326. The summed E-state index contributed by atoms with van der Waals surface area (Å²) in [7, 11) is 0. The fraction of sp³-hybridized carbons (Fsp3) is 0.308. The lowest BCUT2D eigenvalue weighted by Crippen LogP contribution is -2.44. The number of hydrogen-bond donors (Lipinski definition) is 2. The molecule has 0 atom stereocenters. The van der Waals surface area contributed by atoms with Crippen molar-refractivity contribution < 1.29 is 19.2 Å². The summed E-state index contributed by atoms with van der Waals surface area (Å²) in [6, 6.07) is 6.45. The lowest BCUT2D eigenvalue weighted by molar-refractivity contribution is -0.865. The second-order valence-electron chi connectivity index (χ2n) is 4.11. The van der Waals surface area contributed by atoms with Crippen molar-refractivity contribution in [1.29, 1.82) is 0 Å². The number of quaternary nitrogens is 1. The fourth-order valence-electron chi connectivity index (χ4n) is 2.21. The van der Waals surface area contributed by atoms with Crippen LogP contribution in [0.3, 0.4) is 0 Å². The van der Waals surface area contributed by atoms with Crippen LogP contribution in [-0.4, -0.2) is 47.3 Å². The van der Waals surface area contributed by atoms with Crippen LogP contribution in [0.1, 0.15) is 5.56 Å². The fourth-order valence-corrected chi connectivity index (χ4v) is 2.21. The average Bonchev–Trinajstić information content (AvgIpc) is 2.74. The molecule has 2 N–H and O–H groups in total. The van der Waals surface area contributed by atoms with Gasteiger partial charge in [-0.25, -0.2) is 4.39 Å². The molecule has 0 radical (unpaired) electrons. The largest absolute Gasteiger partial charge is 0.390 e. The number of allylic oxidation sites excluding steroid dienone is 1. The smallest absolute Gasteiger partial charge is 0.171 e. The molecule has 0 aliphatic carbocycles. The number of halogens is 1. The van der Waals surface area contributed by atoms with Gasteiger partial charge in [-0.05, 0) is 12.1 Å². The second kappa shape index (κ2) is 5.39. The normalized spacial score (nSPS) is 16.9. The molecule has 0 amide bonds. The number of aliphatic hydroxyl groups excluding tert-OH is 2. The molecule has 0 saturated heterocycles. The van der Waals surface area contributed by atoms with Crippen LogP contribution >= 0.6 is 0 Å². The van der Waals surface area contributed by atoms with E-state index in [1.54, 1.807) is 30.5 Å². The molecule has 1 aliphatic rings. The summed E-state index contributed by atoms with van der Waals surface area (Å²) in [6.45, 7) is 0.473. The van der Waals surface area contributed by atoms with E-state index in [9.17, 15) is 4.39 Å². The van der Waals surface area contributed by atoms with E-state index in [4.69, 9.17) is 10.2 Å². The molecule has 1 heterocycles. The van der Waals surface area contributed by atoms with Crippen LogP contribution in [0.25, 0.3) is 5.70 Å². The van der Waals surface area contributed by atoms with Crippen molar-refractivity contribution in [2.75, 3.05) is 26.3 Å². The lowest BCUT2D eigenvalue weighted by Gasteiger charge is -2.30. The Hall–Kier alpha value is -1.56. The predicted octanol–water partition coefficient (Wildman–Crippen LogP) is 0.967. The SMILES string of the molecule is OCC[N+]1(CCO)N=CC=C1c1ccccc1F. The minimum Gasteiger partial charge on any atom is -0.390 e. The number of hydrogen-bond acceptors (Lipinski definition) is 3. The van der Waals surface area contributed by atoms with Crippen LogP contribution in [0.5, 0.6) is 0 Å². The van der Waals surface area contributed by atoms with Crippen LogP contribution in [-0.2, 0) is 0 Å². The van der Waals surface area contributed by atoms with Gasteiger partial charge in [-0.2, -0.15) is 4.59 Å². The van der Waals surface area contributed by atoms with Crippen LogP contribution in [0.15, 0.2) is 35.4 Å². The molecule has 96 valence electrons. The van der Waals surface area contributed by atoms with Crippen molar-refractivity contribution in [3.05, 3.63) is 41.7 Å². The van der Waals surface area contributed by atoms with Gasteiger partial charge in [0.05, 0.1) is 25.0 Å².